The zero-order valence-electron chi connectivity index (χ0n) is 12.6. The monoisotopic (exact) mass is 292 g/mol. The molecule has 3 rings (SSSR count). The predicted octanol–water partition coefficient (Wildman–Crippen LogP) is 4.41. The van der Waals surface area contributed by atoms with Crippen LogP contribution in [0.4, 0.5) is 0 Å². The maximum absolute atomic E-state index is 11.5. The van der Waals surface area contributed by atoms with Gasteiger partial charge in [-0.3, -0.25) is 4.79 Å². The number of rotatable bonds is 6. The normalized spacial score (nSPS) is 14.8. The number of allylic oxidation sites excluding steroid dienone is 1. The summed E-state index contributed by atoms with van der Waals surface area (Å²) in [4.78, 5) is 11.5. The Hall–Kier alpha value is -2.35. The third kappa shape index (κ3) is 3.45. The Balaban J connectivity index is 1.79. The molecule has 1 atom stereocenters. The van der Waals surface area contributed by atoms with E-state index in [4.69, 9.17) is 4.74 Å². The lowest BCUT2D eigenvalue weighted by atomic mass is 9.89. The third-order valence-electron chi connectivity index (χ3n) is 4.01. The predicted molar refractivity (Wildman–Crippen MR) is 88.3 cm³/mol. The van der Waals surface area contributed by atoms with Crippen molar-refractivity contribution in [2.24, 2.45) is 0 Å². The Bertz CT molecular complexity index is 638. The van der Waals surface area contributed by atoms with Gasteiger partial charge in [0.2, 0.25) is 0 Å². The van der Waals surface area contributed by atoms with Gasteiger partial charge >= 0.3 is 0 Å². The van der Waals surface area contributed by atoms with Crippen LogP contribution in [0.2, 0.25) is 0 Å². The van der Waals surface area contributed by atoms with Crippen LogP contribution in [0.3, 0.4) is 0 Å². The van der Waals surface area contributed by atoms with Gasteiger partial charge in [-0.25, -0.2) is 0 Å². The maximum atomic E-state index is 11.5. The Morgan fingerprint density at radius 3 is 2.18 bits per heavy atom. The van der Waals surface area contributed by atoms with Gasteiger partial charge in [-0.05, 0) is 30.4 Å². The van der Waals surface area contributed by atoms with Crippen molar-refractivity contribution >= 4 is 12.0 Å². The van der Waals surface area contributed by atoms with E-state index in [2.05, 4.69) is 0 Å². The van der Waals surface area contributed by atoms with E-state index in [1.54, 1.807) is 0 Å². The molecule has 2 aromatic carbocycles. The van der Waals surface area contributed by atoms with Gasteiger partial charge in [-0.2, -0.15) is 0 Å². The molecule has 0 heterocycles. The lowest BCUT2D eigenvalue weighted by molar-refractivity contribution is -0.114. The third-order valence-corrected chi connectivity index (χ3v) is 4.01. The highest BCUT2D eigenvalue weighted by molar-refractivity contribution is 5.67. The number of carbonyl (C=O) groups excluding carboxylic acids is 1. The quantitative estimate of drug-likeness (QED) is 0.582. The van der Waals surface area contributed by atoms with Crippen molar-refractivity contribution in [3.63, 3.8) is 0 Å². The second kappa shape index (κ2) is 7.08. The molecule has 0 amide bonds. The Kier molecular flexibility index (Phi) is 4.69. The van der Waals surface area contributed by atoms with Crippen molar-refractivity contribution in [1.29, 1.82) is 0 Å². The fraction of sp³-hybridized carbons (Fsp3) is 0.250. The Morgan fingerprint density at radius 1 is 1.00 bits per heavy atom. The van der Waals surface area contributed by atoms with Gasteiger partial charge < -0.3 is 4.74 Å². The molecule has 1 fully saturated rings. The van der Waals surface area contributed by atoms with Crippen LogP contribution in [0, 0.1) is 0 Å². The van der Waals surface area contributed by atoms with Gasteiger partial charge in [-0.1, -0.05) is 60.7 Å². The van der Waals surface area contributed by atoms with Gasteiger partial charge in [0, 0.05) is 12.0 Å². The van der Waals surface area contributed by atoms with Crippen LogP contribution >= 0.6 is 0 Å². The molecular formula is C20H20O2. The van der Waals surface area contributed by atoms with Crippen molar-refractivity contribution < 1.29 is 9.53 Å². The molecule has 2 heteroatoms. The molecule has 1 saturated carbocycles. The summed E-state index contributed by atoms with van der Waals surface area (Å²) in [5.74, 6) is 0.903. The Labute approximate surface area is 131 Å². The zero-order valence-corrected chi connectivity index (χ0v) is 12.6. The first-order valence-corrected chi connectivity index (χ1v) is 7.80. The molecule has 1 aliphatic rings. The second-order valence-corrected chi connectivity index (χ2v) is 5.63. The van der Waals surface area contributed by atoms with Crippen molar-refractivity contribution in [3.05, 3.63) is 77.4 Å². The molecule has 0 bridgehead atoms. The summed E-state index contributed by atoms with van der Waals surface area (Å²) in [6.45, 7) is 0. The smallest absolute Gasteiger partial charge is 0.160 e. The fourth-order valence-electron chi connectivity index (χ4n) is 2.64. The summed E-state index contributed by atoms with van der Waals surface area (Å²) in [6, 6.07) is 20.1. The van der Waals surface area contributed by atoms with Crippen LogP contribution in [0.25, 0.3) is 5.76 Å². The molecule has 0 aliphatic heterocycles. The average molecular weight is 292 g/mol. The highest BCUT2D eigenvalue weighted by atomic mass is 16.5. The largest absolute Gasteiger partial charge is 0.482 e. The number of benzene rings is 2. The minimum Gasteiger partial charge on any atom is -0.482 e. The molecule has 22 heavy (non-hydrogen) atoms. The lowest BCUT2D eigenvalue weighted by Gasteiger charge is -2.25. The standard InChI is InChI=1S/C20H20O2/c21-15-19(14-16-8-3-1-4-9-16)22-20(18-12-7-13-18)17-10-5-2-6-11-17/h1-6,8-11,15,19H,7,12-14H2. The van der Waals surface area contributed by atoms with Gasteiger partial charge in [0.1, 0.15) is 5.76 Å². The maximum Gasteiger partial charge on any atom is 0.160 e. The van der Waals surface area contributed by atoms with Crippen molar-refractivity contribution in [2.45, 2.75) is 31.8 Å². The SMILES string of the molecule is O=CC(Cc1ccccc1)OC(=C1CCC1)c1ccccc1. The van der Waals surface area contributed by atoms with E-state index in [1.165, 1.54) is 12.0 Å². The summed E-state index contributed by atoms with van der Waals surface area (Å²) in [5.41, 5.74) is 3.51. The van der Waals surface area contributed by atoms with E-state index < -0.39 is 6.10 Å². The van der Waals surface area contributed by atoms with Crippen molar-refractivity contribution in [1.82, 2.24) is 0 Å². The summed E-state index contributed by atoms with van der Waals surface area (Å²) in [5, 5.41) is 0. The molecule has 0 N–H and O–H groups in total. The van der Waals surface area contributed by atoms with Crippen LogP contribution in [0.15, 0.2) is 66.2 Å². The van der Waals surface area contributed by atoms with Gasteiger partial charge in [0.15, 0.2) is 12.4 Å². The van der Waals surface area contributed by atoms with Crippen LogP contribution in [0.5, 0.6) is 0 Å². The molecule has 1 aliphatic carbocycles. The molecule has 0 radical (unpaired) electrons. The minimum atomic E-state index is -0.439. The zero-order chi connectivity index (χ0) is 15.2. The number of carbonyl (C=O) groups is 1. The van der Waals surface area contributed by atoms with Gasteiger partial charge in [0.05, 0.1) is 0 Å². The van der Waals surface area contributed by atoms with Crippen LogP contribution in [-0.4, -0.2) is 12.4 Å². The number of hydrogen-bond acceptors (Lipinski definition) is 2. The first-order chi connectivity index (χ1) is 10.9. The van der Waals surface area contributed by atoms with Crippen molar-refractivity contribution in [2.75, 3.05) is 0 Å². The Morgan fingerprint density at radius 2 is 1.64 bits per heavy atom. The molecular weight excluding hydrogens is 272 g/mol. The molecule has 1 unspecified atom stereocenters. The molecule has 0 spiro atoms. The summed E-state index contributed by atoms with van der Waals surface area (Å²) in [7, 11) is 0. The average Bonchev–Trinajstić information content (AvgIpc) is 2.53. The molecule has 2 aromatic rings. The van der Waals surface area contributed by atoms with E-state index in [0.717, 1.165) is 36.0 Å². The molecule has 2 nitrogen and oxygen atoms in total. The van der Waals surface area contributed by atoms with Crippen LogP contribution in [-0.2, 0) is 16.0 Å². The highest BCUT2D eigenvalue weighted by Crippen LogP contribution is 2.35. The topological polar surface area (TPSA) is 26.3 Å². The van der Waals surface area contributed by atoms with E-state index >= 15 is 0 Å². The van der Waals surface area contributed by atoms with Gasteiger partial charge in [0.25, 0.3) is 0 Å². The van der Waals surface area contributed by atoms with Crippen LogP contribution < -0.4 is 0 Å². The molecule has 112 valence electrons. The summed E-state index contributed by atoms with van der Waals surface area (Å²) < 4.78 is 6.11. The molecule has 0 saturated heterocycles. The summed E-state index contributed by atoms with van der Waals surface area (Å²) in [6.07, 6.45) is 4.43. The number of ether oxygens (including phenoxy) is 1. The first-order valence-electron chi connectivity index (χ1n) is 7.80. The van der Waals surface area contributed by atoms with Crippen LogP contribution in [0.1, 0.15) is 30.4 Å². The number of aldehydes is 1. The minimum absolute atomic E-state index is 0.439. The van der Waals surface area contributed by atoms with Crippen molar-refractivity contribution in [3.8, 4) is 0 Å². The van der Waals surface area contributed by atoms with E-state index in [9.17, 15) is 4.79 Å². The molecule has 0 aromatic heterocycles. The first kappa shape index (κ1) is 14.6. The van der Waals surface area contributed by atoms with Gasteiger partial charge in [-0.15, -0.1) is 0 Å². The lowest BCUT2D eigenvalue weighted by Crippen LogP contribution is -2.19. The summed E-state index contributed by atoms with van der Waals surface area (Å²) >= 11 is 0. The fourth-order valence-corrected chi connectivity index (χ4v) is 2.64. The van der Waals surface area contributed by atoms with E-state index in [-0.39, 0.29) is 0 Å². The van der Waals surface area contributed by atoms with E-state index in [0.29, 0.717) is 6.42 Å². The highest BCUT2D eigenvalue weighted by Gasteiger charge is 2.20. The second-order valence-electron chi connectivity index (χ2n) is 5.63. The number of hydrogen-bond donors (Lipinski definition) is 0. The van der Waals surface area contributed by atoms with E-state index in [1.807, 2.05) is 60.7 Å².